The van der Waals surface area contributed by atoms with E-state index in [1.807, 2.05) is 6.07 Å². The average molecular weight is 251 g/mol. The van der Waals surface area contributed by atoms with Crippen LogP contribution < -0.4 is 10.5 Å². The number of aromatic nitrogens is 1. The molecule has 0 radical (unpaired) electrons. The van der Waals surface area contributed by atoms with Crippen molar-refractivity contribution in [3.8, 4) is 5.88 Å². The van der Waals surface area contributed by atoms with E-state index in [0.717, 1.165) is 18.4 Å². The van der Waals surface area contributed by atoms with Crippen molar-refractivity contribution in [1.82, 2.24) is 9.88 Å². The first-order valence-electron chi connectivity index (χ1n) is 5.90. The third-order valence-electron chi connectivity index (χ3n) is 3.31. The quantitative estimate of drug-likeness (QED) is 0.832. The highest BCUT2D eigenvalue weighted by molar-refractivity contribution is 5.65. The van der Waals surface area contributed by atoms with E-state index in [2.05, 4.69) is 4.98 Å². The Morgan fingerprint density at radius 3 is 2.72 bits per heavy atom. The number of nitrogens with two attached hydrogens (primary N) is 1. The lowest BCUT2D eigenvalue weighted by atomic mass is 9.90. The second kappa shape index (κ2) is 5.12. The maximum absolute atomic E-state index is 10.8. The standard InChI is InChI=1S/C12H17N3O3/c1-18-11-9(2-3-10(13)14-11)8-4-6-15(7-5-8)12(16)17/h2-3,8H,4-7H2,1H3,(H2,13,14)(H,16,17). The number of ether oxygens (including phenoxy) is 1. The summed E-state index contributed by atoms with van der Waals surface area (Å²) >= 11 is 0. The number of carbonyl (C=O) groups is 1. The van der Waals surface area contributed by atoms with Crippen LogP contribution in [0, 0.1) is 0 Å². The van der Waals surface area contributed by atoms with Gasteiger partial charge in [0.15, 0.2) is 0 Å². The Labute approximate surface area is 105 Å². The van der Waals surface area contributed by atoms with E-state index in [0.29, 0.717) is 24.8 Å². The Hall–Kier alpha value is -1.98. The number of piperidine rings is 1. The van der Waals surface area contributed by atoms with Gasteiger partial charge in [-0.3, -0.25) is 0 Å². The number of nitrogens with zero attached hydrogens (tertiary/aromatic N) is 2. The Morgan fingerprint density at radius 2 is 2.17 bits per heavy atom. The number of methoxy groups -OCH3 is 1. The summed E-state index contributed by atoms with van der Waals surface area (Å²) in [5.41, 5.74) is 6.63. The Bertz CT molecular complexity index is 442. The monoisotopic (exact) mass is 251 g/mol. The molecule has 2 rings (SSSR count). The Morgan fingerprint density at radius 1 is 1.50 bits per heavy atom. The minimum Gasteiger partial charge on any atom is -0.481 e. The van der Waals surface area contributed by atoms with Crippen molar-refractivity contribution in [3.05, 3.63) is 17.7 Å². The molecule has 1 aliphatic heterocycles. The predicted molar refractivity (Wildman–Crippen MR) is 66.8 cm³/mol. The number of rotatable bonds is 2. The van der Waals surface area contributed by atoms with Gasteiger partial charge >= 0.3 is 6.09 Å². The third-order valence-corrected chi connectivity index (χ3v) is 3.31. The first kappa shape index (κ1) is 12.5. The highest BCUT2D eigenvalue weighted by atomic mass is 16.5. The van der Waals surface area contributed by atoms with E-state index in [9.17, 15) is 4.79 Å². The highest BCUT2D eigenvalue weighted by Gasteiger charge is 2.25. The number of likely N-dealkylation sites (tertiary alicyclic amines) is 1. The topological polar surface area (TPSA) is 88.7 Å². The Kier molecular flexibility index (Phi) is 3.55. The molecule has 1 aromatic heterocycles. The van der Waals surface area contributed by atoms with Crippen LogP contribution >= 0.6 is 0 Å². The van der Waals surface area contributed by atoms with Crippen LogP contribution in [0.2, 0.25) is 0 Å². The number of carboxylic acid groups (broad SMARTS) is 1. The van der Waals surface area contributed by atoms with Crippen LogP contribution in [-0.2, 0) is 0 Å². The van der Waals surface area contributed by atoms with Gasteiger partial charge in [-0.25, -0.2) is 4.79 Å². The molecular formula is C12H17N3O3. The van der Waals surface area contributed by atoms with Crippen LogP contribution in [0.4, 0.5) is 10.6 Å². The number of anilines is 1. The molecule has 0 atom stereocenters. The van der Waals surface area contributed by atoms with E-state index in [1.165, 1.54) is 4.90 Å². The van der Waals surface area contributed by atoms with Crippen molar-refractivity contribution >= 4 is 11.9 Å². The van der Waals surface area contributed by atoms with Gasteiger partial charge in [0.1, 0.15) is 5.82 Å². The van der Waals surface area contributed by atoms with Crippen molar-refractivity contribution in [2.45, 2.75) is 18.8 Å². The second-order valence-corrected chi connectivity index (χ2v) is 4.38. The van der Waals surface area contributed by atoms with E-state index < -0.39 is 6.09 Å². The molecule has 98 valence electrons. The zero-order chi connectivity index (χ0) is 13.1. The fourth-order valence-corrected chi connectivity index (χ4v) is 2.32. The molecule has 2 heterocycles. The van der Waals surface area contributed by atoms with Gasteiger partial charge in [0, 0.05) is 18.7 Å². The van der Waals surface area contributed by atoms with Gasteiger partial charge < -0.3 is 20.5 Å². The summed E-state index contributed by atoms with van der Waals surface area (Å²) in [6.07, 6.45) is 0.721. The van der Waals surface area contributed by atoms with E-state index >= 15 is 0 Å². The second-order valence-electron chi connectivity index (χ2n) is 4.38. The maximum Gasteiger partial charge on any atom is 0.407 e. The van der Waals surface area contributed by atoms with Crippen LogP contribution in [0.5, 0.6) is 5.88 Å². The largest absolute Gasteiger partial charge is 0.481 e. The Balaban J connectivity index is 2.12. The fourth-order valence-electron chi connectivity index (χ4n) is 2.32. The predicted octanol–water partition coefficient (Wildman–Crippen LogP) is 1.53. The number of pyridine rings is 1. The molecule has 1 saturated heterocycles. The van der Waals surface area contributed by atoms with Gasteiger partial charge in [-0.2, -0.15) is 4.98 Å². The average Bonchev–Trinajstić information content (AvgIpc) is 2.38. The van der Waals surface area contributed by atoms with Crippen LogP contribution in [0.1, 0.15) is 24.3 Å². The van der Waals surface area contributed by atoms with Gasteiger partial charge in [0.05, 0.1) is 7.11 Å². The summed E-state index contributed by atoms with van der Waals surface area (Å²) in [6.45, 7) is 1.10. The first-order chi connectivity index (χ1) is 8.61. The van der Waals surface area contributed by atoms with Crippen molar-refractivity contribution < 1.29 is 14.6 Å². The molecule has 6 heteroatoms. The molecule has 1 fully saturated rings. The SMILES string of the molecule is COc1nc(N)ccc1C1CCN(C(=O)O)CC1. The van der Waals surface area contributed by atoms with Crippen LogP contribution in [0.25, 0.3) is 0 Å². The van der Waals surface area contributed by atoms with Crippen LogP contribution in [0.15, 0.2) is 12.1 Å². The molecule has 6 nitrogen and oxygen atoms in total. The molecule has 1 amide bonds. The summed E-state index contributed by atoms with van der Waals surface area (Å²) in [4.78, 5) is 16.4. The zero-order valence-corrected chi connectivity index (χ0v) is 10.3. The molecule has 18 heavy (non-hydrogen) atoms. The molecule has 1 aromatic rings. The molecule has 0 spiro atoms. The fraction of sp³-hybridized carbons (Fsp3) is 0.500. The lowest BCUT2D eigenvalue weighted by molar-refractivity contribution is 0.132. The first-order valence-corrected chi connectivity index (χ1v) is 5.90. The van der Waals surface area contributed by atoms with E-state index in [1.54, 1.807) is 13.2 Å². The van der Waals surface area contributed by atoms with Crippen molar-refractivity contribution in [2.75, 3.05) is 25.9 Å². The van der Waals surface area contributed by atoms with Gasteiger partial charge in [-0.15, -0.1) is 0 Å². The number of nitrogen functional groups attached to an aromatic ring is 1. The van der Waals surface area contributed by atoms with Crippen LogP contribution in [-0.4, -0.2) is 41.3 Å². The molecule has 0 aromatic carbocycles. The maximum atomic E-state index is 10.8. The minimum absolute atomic E-state index is 0.281. The molecular weight excluding hydrogens is 234 g/mol. The highest BCUT2D eigenvalue weighted by Crippen LogP contribution is 2.33. The van der Waals surface area contributed by atoms with E-state index in [-0.39, 0.29) is 5.92 Å². The normalized spacial score (nSPS) is 16.6. The molecule has 0 saturated carbocycles. The lowest BCUT2D eigenvalue weighted by Gasteiger charge is -2.30. The summed E-state index contributed by atoms with van der Waals surface area (Å²) in [5, 5.41) is 8.90. The van der Waals surface area contributed by atoms with Crippen molar-refractivity contribution in [2.24, 2.45) is 0 Å². The third kappa shape index (κ3) is 2.47. The van der Waals surface area contributed by atoms with E-state index in [4.69, 9.17) is 15.6 Å². The van der Waals surface area contributed by atoms with Crippen molar-refractivity contribution in [1.29, 1.82) is 0 Å². The molecule has 0 unspecified atom stereocenters. The zero-order valence-electron chi connectivity index (χ0n) is 10.3. The molecule has 1 aliphatic rings. The lowest BCUT2D eigenvalue weighted by Crippen LogP contribution is -2.36. The van der Waals surface area contributed by atoms with Crippen molar-refractivity contribution in [3.63, 3.8) is 0 Å². The molecule has 0 bridgehead atoms. The molecule has 0 aliphatic carbocycles. The number of amides is 1. The summed E-state index contributed by atoms with van der Waals surface area (Å²) in [6, 6.07) is 3.67. The summed E-state index contributed by atoms with van der Waals surface area (Å²) in [7, 11) is 1.57. The number of hydrogen-bond acceptors (Lipinski definition) is 4. The minimum atomic E-state index is -0.851. The van der Waals surface area contributed by atoms with Gasteiger partial charge in [-0.1, -0.05) is 0 Å². The summed E-state index contributed by atoms with van der Waals surface area (Å²) in [5.74, 6) is 1.26. The van der Waals surface area contributed by atoms with Crippen LogP contribution in [0.3, 0.4) is 0 Å². The van der Waals surface area contributed by atoms with Gasteiger partial charge in [0.25, 0.3) is 0 Å². The van der Waals surface area contributed by atoms with Gasteiger partial charge in [0.2, 0.25) is 5.88 Å². The summed E-state index contributed by atoms with van der Waals surface area (Å²) < 4.78 is 5.23. The number of hydrogen-bond donors (Lipinski definition) is 2. The smallest absolute Gasteiger partial charge is 0.407 e. The van der Waals surface area contributed by atoms with Gasteiger partial charge in [-0.05, 0) is 30.9 Å². The molecule has 3 N–H and O–H groups in total.